The summed E-state index contributed by atoms with van der Waals surface area (Å²) < 4.78 is 49.4. The van der Waals surface area contributed by atoms with Crippen molar-refractivity contribution in [3.8, 4) is 5.75 Å². The topological polar surface area (TPSA) is 106 Å². The van der Waals surface area contributed by atoms with Crippen molar-refractivity contribution in [2.75, 3.05) is 24.6 Å². The molecule has 1 fully saturated rings. The highest BCUT2D eigenvalue weighted by Crippen LogP contribution is 2.33. The zero-order chi connectivity index (χ0) is 29.7. The smallest absolute Gasteiger partial charge is 0.444 e. The van der Waals surface area contributed by atoms with Gasteiger partial charge in [-0.15, -0.1) is 24.9 Å². The molecule has 1 saturated heterocycles. The molecular formula is C27H34ClF3N4O4S. The van der Waals surface area contributed by atoms with Gasteiger partial charge in [0.15, 0.2) is 0 Å². The lowest BCUT2D eigenvalue weighted by Crippen LogP contribution is -2.40. The summed E-state index contributed by atoms with van der Waals surface area (Å²) in [6.45, 7) is 8.35. The van der Waals surface area contributed by atoms with E-state index in [9.17, 15) is 22.8 Å². The Bertz CT molecular complexity index is 1220. The van der Waals surface area contributed by atoms with Crippen LogP contribution in [0.15, 0.2) is 35.2 Å². The second kappa shape index (κ2) is 13.2. The molecule has 0 aliphatic carbocycles. The summed E-state index contributed by atoms with van der Waals surface area (Å²) in [7, 11) is 0. The highest BCUT2D eigenvalue weighted by Gasteiger charge is 2.34. The van der Waals surface area contributed by atoms with Crippen LogP contribution in [0.3, 0.4) is 0 Å². The lowest BCUT2D eigenvalue weighted by Gasteiger charge is -2.23. The van der Waals surface area contributed by atoms with Gasteiger partial charge < -0.3 is 25.8 Å². The summed E-state index contributed by atoms with van der Waals surface area (Å²) in [5, 5.41) is 6.00. The molecule has 220 valence electrons. The number of ether oxygens (including phenoxy) is 2. The van der Waals surface area contributed by atoms with Crippen LogP contribution in [0.2, 0.25) is 5.02 Å². The third kappa shape index (κ3) is 9.67. The summed E-state index contributed by atoms with van der Waals surface area (Å²) in [6, 6.07) is 7.43. The molecule has 8 nitrogen and oxygen atoms in total. The van der Waals surface area contributed by atoms with Crippen molar-refractivity contribution in [3.05, 3.63) is 52.0 Å². The Morgan fingerprint density at radius 2 is 1.90 bits per heavy atom. The number of benzene rings is 2. The van der Waals surface area contributed by atoms with Crippen molar-refractivity contribution >= 4 is 41.1 Å². The van der Waals surface area contributed by atoms with Crippen LogP contribution >= 0.6 is 23.4 Å². The first-order valence-electron chi connectivity index (χ1n) is 12.7. The molecule has 1 atom stereocenters. The van der Waals surface area contributed by atoms with Gasteiger partial charge in [0, 0.05) is 53.4 Å². The van der Waals surface area contributed by atoms with Crippen LogP contribution in [0.1, 0.15) is 55.6 Å². The first kappa shape index (κ1) is 31.7. The van der Waals surface area contributed by atoms with Crippen LogP contribution < -0.4 is 21.1 Å². The predicted molar refractivity (Wildman–Crippen MR) is 150 cm³/mol. The molecule has 0 spiro atoms. The average Bonchev–Trinajstić information content (AvgIpc) is 3.25. The number of carbonyl (C=O) groups excluding carboxylic acids is 2. The number of alkyl halides is 3. The molecule has 1 heterocycles. The average molecular weight is 603 g/mol. The van der Waals surface area contributed by atoms with Gasteiger partial charge in [-0.1, -0.05) is 18.5 Å². The fraction of sp³-hybridized carbons (Fsp3) is 0.481. The van der Waals surface area contributed by atoms with E-state index in [1.165, 1.54) is 6.07 Å². The summed E-state index contributed by atoms with van der Waals surface area (Å²) in [6.07, 6.45) is -4.94. The van der Waals surface area contributed by atoms with Gasteiger partial charge in [-0.25, -0.2) is 4.79 Å². The van der Waals surface area contributed by atoms with Gasteiger partial charge in [0.2, 0.25) is 0 Å². The van der Waals surface area contributed by atoms with Crippen molar-refractivity contribution in [1.29, 1.82) is 0 Å². The van der Waals surface area contributed by atoms with E-state index < -0.39 is 29.7 Å². The molecule has 0 aromatic heterocycles. The van der Waals surface area contributed by atoms with Gasteiger partial charge in [0.05, 0.1) is 5.56 Å². The fourth-order valence-electron chi connectivity index (χ4n) is 4.25. The normalized spacial score (nSPS) is 16.1. The molecule has 40 heavy (non-hydrogen) atoms. The standard InChI is InChI=1S/C27H34ClF3N4O4S/c1-5-40-23-7-6-18(28)10-16(23)13-33-24(36)20-12-22(38-27(29,30)31)17(11-21(20)32)14-35-9-8-19(15-35)34-25(37)39-26(2,3)4/h6-7,10-12,19H,5,8-9,13-15,32H2,1-4H3,(H,33,36)(H,34,37)/t19-/m1/s1. The first-order valence-corrected chi connectivity index (χ1v) is 14.1. The number of halogens is 4. The number of hydrogen-bond acceptors (Lipinski definition) is 7. The molecule has 0 unspecified atom stereocenters. The van der Waals surface area contributed by atoms with Gasteiger partial charge in [0.25, 0.3) is 5.91 Å². The SMILES string of the molecule is CCSc1ccc(Cl)cc1CNC(=O)c1cc(OC(F)(F)F)c(CN2CC[C@@H](NC(=O)OC(C)(C)C)C2)cc1N. The van der Waals surface area contributed by atoms with Crippen LogP contribution in [0.25, 0.3) is 0 Å². The Morgan fingerprint density at radius 1 is 1.18 bits per heavy atom. The number of nitrogens with one attached hydrogen (secondary N) is 2. The third-order valence-corrected chi connectivity index (χ3v) is 7.08. The van der Waals surface area contributed by atoms with Gasteiger partial charge in [-0.05, 0) is 68.8 Å². The van der Waals surface area contributed by atoms with Gasteiger partial charge in [0.1, 0.15) is 11.4 Å². The number of rotatable bonds is 9. The Balaban J connectivity index is 1.74. The molecule has 13 heteroatoms. The Kier molecular flexibility index (Phi) is 10.5. The first-order chi connectivity index (χ1) is 18.6. The van der Waals surface area contributed by atoms with Gasteiger partial charge in [-0.2, -0.15) is 0 Å². The number of amides is 2. The lowest BCUT2D eigenvalue weighted by molar-refractivity contribution is -0.275. The van der Waals surface area contributed by atoms with Gasteiger partial charge in [-0.3, -0.25) is 9.69 Å². The minimum Gasteiger partial charge on any atom is -0.444 e. The largest absolute Gasteiger partial charge is 0.573 e. The molecule has 1 aliphatic rings. The summed E-state index contributed by atoms with van der Waals surface area (Å²) >= 11 is 7.69. The third-order valence-electron chi connectivity index (χ3n) is 5.85. The number of nitrogens with two attached hydrogens (primary N) is 1. The minimum atomic E-state index is -4.97. The number of nitrogens with zero attached hydrogens (tertiary/aromatic N) is 1. The summed E-state index contributed by atoms with van der Waals surface area (Å²) in [4.78, 5) is 27.9. The number of alkyl carbamates (subject to hydrolysis) is 1. The van der Waals surface area contributed by atoms with Crippen molar-refractivity contribution in [2.45, 2.75) is 70.1 Å². The van der Waals surface area contributed by atoms with E-state index in [0.717, 1.165) is 22.3 Å². The molecule has 3 rings (SSSR count). The second-order valence-electron chi connectivity index (χ2n) is 10.3. The number of hydrogen-bond donors (Lipinski definition) is 3. The van der Waals surface area contributed by atoms with E-state index in [1.807, 2.05) is 17.9 Å². The monoisotopic (exact) mass is 602 g/mol. The summed E-state index contributed by atoms with van der Waals surface area (Å²) in [5.74, 6) is -0.351. The van der Waals surface area contributed by atoms with E-state index in [2.05, 4.69) is 15.4 Å². The van der Waals surface area contributed by atoms with Crippen molar-refractivity contribution in [3.63, 3.8) is 0 Å². The Hall–Kier alpha value is -2.83. The van der Waals surface area contributed by atoms with E-state index in [0.29, 0.717) is 24.5 Å². The maximum Gasteiger partial charge on any atom is 0.573 e. The van der Waals surface area contributed by atoms with Crippen LogP contribution in [0, 0.1) is 0 Å². The number of anilines is 1. The molecular weight excluding hydrogens is 569 g/mol. The highest BCUT2D eigenvalue weighted by atomic mass is 35.5. The predicted octanol–water partition coefficient (Wildman–Crippen LogP) is 5.96. The van der Waals surface area contributed by atoms with E-state index in [1.54, 1.807) is 44.7 Å². The number of carbonyl (C=O) groups is 2. The Morgan fingerprint density at radius 3 is 2.55 bits per heavy atom. The minimum absolute atomic E-state index is 0.0129. The van der Waals surface area contributed by atoms with Crippen molar-refractivity contribution in [1.82, 2.24) is 15.5 Å². The lowest BCUT2D eigenvalue weighted by atomic mass is 10.1. The quantitative estimate of drug-likeness (QED) is 0.240. The molecule has 2 aromatic carbocycles. The van der Waals surface area contributed by atoms with E-state index in [4.69, 9.17) is 22.1 Å². The maximum absolute atomic E-state index is 13.3. The zero-order valence-corrected chi connectivity index (χ0v) is 24.4. The fourth-order valence-corrected chi connectivity index (χ4v) is 5.23. The number of thioether (sulfide) groups is 1. The molecule has 2 aromatic rings. The molecule has 0 bridgehead atoms. The van der Waals surface area contributed by atoms with Crippen LogP contribution in [0.4, 0.5) is 23.7 Å². The zero-order valence-electron chi connectivity index (χ0n) is 22.8. The highest BCUT2D eigenvalue weighted by molar-refractivity contribution is 7.99. The van der Waals surface area contributed by atoms with E-state index in [-0.39, 0.29) is 35.9 Å². The van der Waals surface area contributed by atoms with Crippen molar-refractivity contribution < 1.29 is 32.2 Å². The number of nitrogen functional groups attached to an aromatic ring is 1. The number of likely N-dealkylation sites (tertiary alicyclic amines) is 1. The molecule has 2 amide bonds. The second-order valence-corrected chi connectivity index (χ2v) is 12.1. The van der Waals surface area contributed by atoms with Crippen LogP contribution in [-0.4, -0.2) is 53.7 Å². The summed E-state index contributed by atoms with van der Waals surface area (Å²) in [5.41, 5.74) is 6.30. The van der Waals surface area contributed by atoms with Crippen LogP contribution in [0.5, 0.6) is 5.75 Å². The van der Waals surface area contributed by atoms with Gasteiger partial charge >= 0.3 is 12.5 Å². The molecule has 0 saturated carbocycles. The van der Waals surface area contributed by atoms with Crippen LogP contribution in [-0.2, 0) is 17.8 Å². The molecule has 0 radical (unpaired) electrons. The molecule has 1 aliphatic heterocycles. The van der Waals surface area contributed by atoms with Crippen molar-refractivity contribution in [2.24, 2.45) is 0 Å². The van der Waals surface area contributed by atoms with E-state index >= 15 is 0 Å². The maximum atomic E-state index is 13.3. The molecule has 4 N–H and O–H groups in total. The Labute approximate surface area is 241 Å².